The van der Waals surface area contributed by atoms with Crippen LogP contribution in [-0.4, -0.2) is 82.0 Å². The van der Waals surface area contributed by atoms with Crippen LogP contribution in [-0.2, 0) is 9.59 Å². The maximum atomic E-state index is 12.5. The number of carboxylic acid groups (broad SMARTS) is 1. The molecule has 4 heterocycles. The van der Waals surface area contributed by atoms with Gasteiger partial charge in [-0.25, -0.2) is 4.79 Å². The zero-order valence-electron chi connectivity index (χ0n) is 17.3. The number of likely N-dealkylation sites (tertiary alicyclic amines) is 1. The molecule has 4 aliphatic rings. The van der Waals surface area contributed by atoms with Crippen LogP contribution in [0.3, 0.4) is 0 Å². The van der Waals surface area contributed by atoms with Crippen molar-refractivity contribution in [1.82, 2.24) is 15.1 Å². The van der Waals surface area contributed by atoms with Crippen molar-refractivity contribution >= 4 is 23.6 Å². The van der Waals surface area contributed by atoms with Crippen LogP contribution in [0.4, 0.5) is 0 Å². The van der Waals surface area contributed by atoms with Gasteiger partial charge in [0.2, 0.25) is 5.91 Å². The zero-order valence-corrected chi connectivity index (χ0v) is 18.2. The molecule has 3 saturated heterocycles. The third kappa shape index (κ3) is 3.96. The van der Waals surface area contributed by atoms with E-state index in [0.29, 0.717) is 5.25 Å². The fourth-order valence-electron chi connectivity index (χ4n) is 5.56. The second kappa shape index (κ2) is 8.57. The number of hydrogen-bond donors (Lipinski definition) is 3. The van der Waals surface area contributed by atoms with Crippen molar-refractivity contribution in [2.24, 2.45) is 17.8 Å². The fraction of sp³-hybridized carbons (Fsp3) is 0.810. The third-order valence-electron chi connectivity index (χ3n) is 7.04. The standard InChI is InChI=1S/C21H33N3O4S/c1-12-17-16(13(2)25)20(26)24(17)18(21(27)28)19(12)29-15-4-3-9-23(11-15)10-14-5-7-22-8-6-14/h12-17,22,25H,3-11H2,1-2H3,(H,27,28)/t12-,13-,15-,16-,17-/m1/s1. The van der Waals surface area contributed by atoms with Crippen molar-refractivity contribution < 1.29 is 19.8 Å². The molecule has 3 N–H and O–H groups in total. The number of piperidine rings is 2. The zero-order chi connectivity index (χ0) is 20.7. The highest BCUT2D eigenvalue weighted by molar-refractivity contribution is 8.03. The van der Waals surface area contributed by atoms with Gasteiger partial charge in [0, 0.05) is 29.2 Å². The quantitative estimate of drug-likeness (QED) is 0.555. The average molecular weight is 424 g/mol. The normalized spacial score (nSPS) is 34.9. The van der Waals surface area contributed by atoms with E-state index in [4.69, 9.17) is 0 Å². The summed E-state index contributed by atoms with van der Waals surface area (Å²) in [6, 6.07) is -0.217. The van der Waals surface area contributed by atoms with Gasteiger partial charge in [0.05, 0.1) is 18.1 Å². The number of aliphatic hydroxyl groups excluding tert-OH is 1. The molecule has 0 unspecified atom stereocenters. The molecule has 1 amide bonds. The number of fused-ring (bicyclic) bond motifs is 1. The molecule has 29 heavy (non-hydrogen) atoms. The lowest BCUT2D eigenvalue weighted by atomic mass is 9.79. The van der Waals surface area contributed by atoms with Gasteiger partial charge >= 0.3 is 5.97 Å². The summed E-state index contributed by atoms with van der Waals surface area (Å²) in [5.41, 5.74) is 0.157. The van der Waals surface area contributed by atoms with E-state index < -0.39 is 18.0 Å². The Labute approximate surface area is 176 Å². The van der Waals surface area contributed by atoms with Crippen molar-refractivity contribution in [2.45, 2.75) is 56.9 Å². The number of amides is 1. The van der Waals surface area contributed by atoms with Gasteiger partial charge < -0.3 is 25.3 Å². The van der Waals surface area contributed by atoms with Crippen LogP contribution in [0.5, 0.6) is 0 Å². The number of carboxylic acids is 1. The van der Waals surface area contributed by atoms with E-state index in [-0.39, 0.29) is 23.6 Å². The SMILES string of the molecule is C[C@@H](O)[C@H]1C(=O)N2C(C(=O)O)=C(S[C@@H]3CCCN(CC4CCNCC4)C3)[C@H](C)[C@H]12. The minimum absolute atomic E-state index is 0.0387. The number of nitrogens with one attached hydrogen (secondary N) is 1. The van der Waals surface area contributed by atoms with E-state index in [1.54, 1.807) is 18.7 Å². The molecule has 4 rings (SSSR count). The Morgan fingerprint density at radius 2 is 2.03 bits per heavy atom. The summed E-state index contributed by atoms with van der Waals surface area (Å²) < 4.78 is 0. The van der Waals surface area contributed by atoms with Crippen molar-refractivity contribution in [1.29, 1.82) is 0 Å². The molecule has 7 nitrogen and oxygen atoms in total. The van der Waals surface area contributed by atoms with E-state index >= 15 is 0 Å². The largest absolute Gasteiger partial charge is 0.477 e. The first-order chi connectivity index (χ1) is 13.9. The van der Waals surface area contributed by atoms with Crippen molar-refractivity contribution in [3.63, 3.8) is 0 Å². The Kier molecular flexibility index (Phi) is 6.25. The Morgan fingerprint density at radius 1 is 1.31 bits per heavy atom. The maximum absolute atomic E-state index is 12.5. The number of aliphatic carboxylic acids is 1. The van der Waals surface area contributed by atoms with Gasteiger partial charge in [0.15, 0.2) is 0 Å². The molecule has 0 spiro atoms. The third-order valence-corrected chi connectivity index (χ3v) is 8.58. The minimum Gasteiger partial charge on any atom is -0.477 e. The van der Waals surface area contributed by atoms with Gasteiger partial charge in [0.25, 0.3) is 0 Å². The second-order valence-electron chi connectivity index (χ2n) is 9.11. The van der Waals surface area contributed by atoms with E-state index in [1.165, 1.54) is 17.7 Å². The summed E-state index contributed by atoms with van der Waals surface area (Å²) in [6.45, 7) is 9.09. The fourth-order valence-corrected chi connectivity index (χ4v) is 7.14. The molecule has 162 valence electrons. The second-order valence-corrected chi connectivity index (χ2v) is 10.4. The van der Waals surface area contributed by atoms with Crippen LogP contribution >= 0.6 is 11.8 Å². The molecular weight excluding hydrogens is 390 g/mol. The molecular formula is C21H33N3O4S. The molecule has 5 atom stereocenters. The predicted molar refractivity (Wildman–Crippen MR) is 112 cm³/mol. The summed E-state index contributed by atoms with van der Waals surface area (Å²) in [6.07, 6.45) is 3.93. The molecule has 0 aromatic heterocycles. The number of aliphatic hydroxyl groups is 1. The van der Waals surface area contributed by atoms with Crippen molar-refractivity contribution in [2.75, 3.05) is 32.7 Å². The molecule has 8 heteroatoms. The van der Waals surface area contributed by atoms with Gasteiger partial charge in [-0.3, -0.25) is 4.79 Å². The summed E-state index contributed by atoms with van der Waals surface area (Å²) in [5, 5.41) is 23.6. The number of nitrogens with zero attached hydrogens (tertiary/aromatic N) is 2. The van der Waals surface area contributed by atoms with Crippen LogP contribution in [0.25, 0.3) is 0 Å². The summed E-state index contributed by atoms with van der Waals surface area (Å²) in [5.74, 6) is -1.04. The van der Waals surface area contributed by atoms with Crippen LogP contribution in [0.2, 0.25) is 0 Å². The Morgan fingerprint density at radius 3 is 2.69 bits per heavy atom. The highest BCUT2D eigenvalue weighted by Gasteiger charge is 2.60. The molecule has 3 fully saturated rings. The van der Waals surface area contributed by atoms with Crippen LogP contribution in [0.1, 0.15) is 39.5 Å². The van der Waals surface area contributed by atoms with E-state index in [0.717, 1.165) is 56.4 Å². The van der Waals surface area contributed by atoms with Crippen LogP contribution in [0, 0.1) is 17.8 Å². The lowest BCUT2D eigenvalue weighted by Crippen LogP contribution is -2.63. The van der Waals surface area contributed by atoms with Gasteiger partial charge in [-0.15, -0.1) is 11.8 Å². The van der Waals surface area contributed by atoms with Crippen molar-refractivity contribution in [3.05, 3.63) is 10.6 Å². The van der Waals surface area contributed by atoms with Crippen LogP contribution in [0.15, 0.2) is 10.6 Å². The van der Waals surface area contributed by atoms with E-state index in [1.807, 2.05) is 6.92 Å². The number of β-lactam (4-membered cyclic amide) rings is 1. The predicted octanol–water partition coefficient (Wildman–Crippen LogP) is 1.34. The topological polar surface area (TPSA) is 93.1 Å². The lowest BCUT2D eigenvalue weighted by Gasteiger charge is -2.46. The van der Waals surface area contributed by atoms with Crippen LogP contribution < -0.4 is 5.32 Å². The van der Waals surface area contributed by atoms with Crippen molar-refractivity contribution in [3.8, 4) is 0 Å². The van der Waals surface area contributed by atoms with E-state index in [9.17, 15) is 19.8 Å². The van der Waals surface area contributed by atoms with Gasteiger partial charge in [-0.05, 0) is 58.2 Å². The molecule has 4 aliphatic heterocycles. The monoisotopic (exact) mass is 423 g/mol. The van der Waals surface area contributed by atoms with Gasteiger partial charge in [0.1, 0.15) is 5.70 Å². The Bertz CT molecular complexity index is 691. The highest BCUT2D eigenvalue weighted by Crippen LogP contribution is 2.51. The number of carbonyl (C=O) groups excluding carboxylic acids is 1. The molecule has 0 bridgehead atoms. The molecule has 0 aromatic rings. The number of hydrogen-bond acceptors (Lipinski definition) is 6. The molecule has 0 aliphatic carbocycles. The number of thioether (sulfide) groups is 1. The first-order valence-electron chi connectivity index (χ1n) is 11.0. The number of carbonyl (C=O) groups is 2. The van der Waals surface area contributed by atoms with Gasteiger partial charge in [-0.2, -0.15) is 0 Å². The Balaban J connectivity index is 1.44. The Hall–Kier alpha value is -1.09. The molecule has 0 saturated carbocycles. The minimum atomic E-state index is -1.03. The first-order valence-corrected chi connectivity index (χ1v) is 11.8. The lowest BCUT2D eigenvalue weighted by molar-refractivity contribution is -0.163. The van der Waals surface area contributed by atoms with Gasteiger partial charge in [-0.1, -0.05) is 6.92 Å². The maximum Gasteiger partial charge on any atom is 0.353 e. The summed E-state index contributed by atoms with van der Waals surface area (Å²) in [4.78, 5) is 29.3. The first kappa shape index (κ1) is 21.2. The number of rotatable bonds is 6. The summed E-state index contributed by atoms with van der Waals surface area (Å²) in [7, 11) is 0. The molecule has 0 aromatic carbocycles. The highest BCUT2D eigenvalue weighted by atomic mass is 32.2. The average Bonchev–Trinajstić information content (AvgIpc) is 2.91. The molecule has 0 radical (unpaired) electrons. The smallest absolute Gasteiger partial charge is 0.353 e. The summed E-state index contributed by atoms with van der Waals surface area (Å²) >= 11 is 1.67. The van der Waals surface area contributed by atoms with E-state index in [2.05, 4.69) is 10.2 Å².